The quantitative estimate of drug-likeness (QED) is 0.329. The van der Waals surface area contributed by atoms with Gasteiger partial charge >= 0.3 is 0 Å². The molecule has 0 N–H and O–H groups in total. The molecule has 0 saturated heterocycles. The van der Waals surface area contributed by atoms with Crippen molar-refractivity contribution in [2.45, 2.75) is 41.0 Å². The van der Waals surface area contributed by atoms with Crippen LogP contribution in [-0.2, 0) is 0 Å². The number of Topliss-reactive ketones (excluding diaryl/α,β-unsaturated/α-hetero) is 1. The molecule has 2 heteroatoms. The van der Waals surface area contributed by atoms with Gasteiger partial charge in [0, 0.05) is 11.1 Å². The second kappa shape index (κ2) is 8.73. The highest BCUT2D eigenvalue weighted by Gasteiger charge is 2.12. The van der Waals surface area contributed by atoms with E-state index in [1.165, 1.54) is 5.57 Å². The van der Waals surface area contributed by atoms with Crippen molar-refractivity contribution < 1.29 is 9.53 Å². The maximum absolute atomic E-state index is 11.7. The number of methoxy groups -OCH3 is 1. The van der Waals surface area contributed by atoms with Crippen LogP contribution in [0.25, 0.3) is 16.3 Å². The minimum absolute atomic E-state index is 0.0752. The van der Waals surface area contributed by atoms with Crippen molar-refractivity contribution in [3.63, 3.8) is 0 Å². The van der Waals surface area contributed by atoms with Crippen molar-refractivity contribution in [1.29, 1.82) is 0 Å². The number of allylic oxidation sites excluding steroid dienone is 1. The standard InChI is InChI=1S/C28H30O2/c1-19(18-28(3,4)5)15-27(22-9-7-21(8-10-22)20(2)29)25-12-11-24-17-26(30-6)14-13-23(24)16-25/h7-14,16-17H,18H2,1-6H3. The van der Waals surface area contributed by atoms with Gasteiger partial charge in [-0.05, 0) is 71.4 Å². The van der Waals surface area contributed by atoms with Crippen molar-refractivity contribution in [2.75, 3.05) is 7.11 Å². The number of hydrogen-bond acceptors (Lipinski definition) is 2. The first-order valence-electron chi connectivity index (χ1n) is 10.3. The molecule has 2 nitrogen and oxygen atoms in total. The Morgan fingerprint density at radius 2 is 1.40 bits per heavy atom. The van der Waals surface area contributed by atoms with Crippen LogP contribution in [0.15, 0.2) is 72.0 Å². The molecule has 0 heterocycles. The van der Waals surface area contributed by atoms with E-state index in [-0.39, 0.29) is 11.2 Å². The van der Waals surface area contributed by atoms with Gasteiger partial charge in [-0.2, -0.15) is 0 Å². The van der Waals surface area contributed by atoms with E-state index in [1.807, 2.05) is 36.4 Å². The third-order valence-electron chi connectivity index (χ3n) is 5.05. The maximum atomic E-state index is 11.7. The number of carbonyl (C=O) groups excluding carboxylic acids is 1. The molecule has 0 aromatic heterocycles. The highest BCUT2D eigenvalue weighted by atomic mass is 16.5. The first kappa shape index (κ1) is 21.6. The molecule has 0 fully saturated rings. The van der Waals surface area contributed by atoms with Crippen LogP contribution in [0, 0.1) is 5.41 Å². The average molecular weight is 399 g/mol. The van der Waals surface area contributed by atoms with E-state index in [2.05, 4.69) is 57.7 Å². The van der Waals surface area contributed by atoms with Gasteiger partial charge < -0.3 is 4.74 Å². The number of ether oxygens (including phenoxy) is 1. The summed E-state index contributed by atoms with van der Waals surface area (Å²) in [6.45, 7) is 10.5. The molecule has 0 aliphatic heterocycles. The summed E-state index contributed by atoms with van der Waals surface area (Å²) >= 11 is 0. The lowest BCUT2D eigenvalue weighted by Crippen LogP contribution is -2.04. The van der Waals surface area contributed by atoms with Crippen LogP contribution in [-0.4, -0.2) is 12.9 Å². The van der Waals surface area contributed by atoms with Crippen LogP contribution in [0.4, 0.5) is 0 Å². The fraction of sp³-hybridized carbons (Fsp3) is 0.286. The number of benzene rings is 3. The number of hydrogen-bond donors (Lipinski definition) is 0. The van der Waals surface area contributed by atoms with E-state index in [0.29, 0.717) is 0 Å². The Kier molecular flexibility index (Phi) is 6.29. The second-order valence-electron chi connectivity index (χ2n) is 9.08. The first-order chi connectivity index (χ1) is 14.2. The molecule has 0 aliphatic carbocycles. The fourth-order valence-electron chi connectivity index (χ4n) is 3.74. The minimum atomic E-state index is 0.0752. The molecule has 3 aromatic rings. The van der Waals surface area contributed by atoms with Gasteiger partial charge in [-0.3, -0.25) is 4.79 Å². The zero-order chi connectivity index (χ0) is 21.9. The third-order valence-corrected chi connectivity index (χ3v) is 5.05. The van der Waals surface area contributed by atoms with Gasteiger partial charge in [0.1, 0.15) is 5.75 Å². The Labute approximate surface area is 179 Å². The Morgan fingerprint density at radius 1 is 0.833 bits per heavy atom. The summed E-state index contributed by atoms with van der Waals surface area (Å²) in [5.41, 5.74) is 9.00. The summed E-state index contributed by atoms with van der Waals surface area (Å²) in [6.07, 6.45) is 0.965. The highest BCUT2D eigenvalue weighted by molar-refractivity contribution is 5.95. The van der Waals surface area contributed by atoms with E-state index in [1.54, 1.807) is 14.0 Å². The number of rotatable bonds is 5. The van der Waals surface area contributed by atoms with Crippen LogP contribution in [0.5, 0.6) is 5.75 Å². The topological polar surface area (TPSA) is 26.3 Å². The normalized spacial score (nSPS) is 11.1. The molecule has 3 rings (SSSR count). The molecule has 154 valence electrons. The third kappa shape index (κ3) is 5.28. The summed E-state index contributed by atoms with van der Waals surface area (Å²) < 4.78 is 5.35. The Hall–Kier alpha value is -3.09. The molecule has 0 saturated carbocycles. The number of fused-ring (bicyclic) bond motifs is 1. The second-order valence-corrected chi connectivity index (χ2v) is 9.08. The van der Waals surface area contributed by atoms with Crippen molar-refractivity contribution in [3.8, 4) is 5.75 Å². The van der Waals surface area contributed by atoms with Gasteiger partial charge in [-0.25, -0.2) is 0 Å². The van der Waals surface area contributed by atoms with Gasteiger partial charge in [0.05, 0.1) is 7.11 Å². The van der Waals surface area contributed by atoms with E-state index >= 15 is 0 Å². The van der Waals surface area contributed by atoms with Crippen LogP contribution < -0.4 is 4.74 Å². The monoisotopic (exact) mass is 398 g/mol. The van der Waals surface area contributed by atoms with Gasteiger partial charge in [-0.15, -0.1) is 5.73 Å². The van der Waals surface area contributed by atoms with Crippen LogP contribution >= 0.6 is 0 Å². The molecule has 0 radical (unpaired) electrons. The number of ketones is 1. The molecule has 0 aliphatic rings. The van der Waals surface area contributed by atoms with Crippen LogP contribution in [0.3, 0.4) is 0 Å². The van der Waals surface area contributed by atoms with Gasteiger partial charge in [0.15, 0.2) is 5.78 Å². The zero-order valence-corrected chi connectivity index (χ0v) is 18.8. The van der Waals surface area contributed by atoms with Crippen LogP contribution in [0.2, 0.25) is 0 Å². The van der Waals surface area contributed by atoms with Crippen LogP contribution in [0.1, 0.15) is 62.5 Å². The molecular formula is C28H30O2. The van der Waals surface area contributed by atoms with Crippen molar-refractivity contribution in [1.82, 2.24) is 0 Å². The molecule has 30 heavy (non-hydrogen) atoms. The highest BCUT2D eigenvalue weighted by Crippen LogP contribution is 2.30. The molecular weight excluding hydrogens is 368 g/mol. The predicted octanol–water partition coefficient (Wildman–Crippen LogP) is 7.46. The SMILES string of the molecule is COc1ccc2cc(C(=C=C(C)CC(C)(C)C)c3ccc(C(C)=O)cc3)ccc2c1. The van der Waals surface area contributed by atoms with Gasteiger partial charge in [0.25, 0.3) is 0 Å². The molecule has 0 atom stereocenters. The van der Waals surface area contributed by atoms with E-state index < -0.39 is 0 Å². The molecule has 0 spiro atoms. The fourth-order valence-corrected chi connectivity index (χ4v) is 3.74. The summed E-state index contributed by atoms with van der Waals surface area (Å²) in [5.74, 6) is 0.929. The summed E-state index contributed by atoms with van der Waals surface area (Å²) in [5, 5.41) is 2.29. The lowest BCUT2D eigenvalue weighted by atomic mass is 9.87. The predicted molar refractivity (Wildman–Crippen MR) is 126 cm³/mol. The smallest absolute Gasteiger partial charge is 0.159 e. The minimum Gasteiger partial charge on any atom is -0.497 e. The van der Waals surface area contributed by atoms with E-state index in [0.717, 1.165) is 45.2 Å². The molecule has 3 aromatic carbocycles. The lowest BCUT2D eigenvalue weighted by Gasteiger charge is -2.17. The maximum Gasteiger partial charge on any atom is 0.159 e. The zero-order valence-electron chi connectivity index (χ0n) is 18.8. The summed E-state index contributed by atoms with van der Waals surface area (Å²) in [7, 11) is 1.68. The first-order valence-corrected chi connectivity index (χ1v) is 10.3. The van der Waals surface area contributed by atoms with Crippen molar-refractivity contribution in [3.05, 3.63) is 88.7 Å². The van der Waals surface area contributed by atoms with Gasteiger partial charge in [-0.1, -0.05) is 63.2 Å². The molecule has 0 amide bonds. The largest absolute Gasteiger partial charge is 0.497 e. The van der Waals surface area contributed by atoms with Crippen molar-refractivity contribution >= 4 is 22.1 Å². The van der Waals surface area contributed by atoms with E-state index in [4.69, 9.17) is 4.74 Å². The number of carbonyl (C=O) groups is 1. The Balaban J connectivity index is 2.17. The van der Waals surface area contributed by atoms with Crippen molar-refractivity contribution in [2.24, 2.45) is 5.41 Å². The lowest BCUT2D eigenvalue weighted by molar-refractivity contribution is 0.101. The average Bonchev–Trinajstić information content (AvgIpc) is 2.70. The van der Waals surface area contributed by atoms with E-state index in [9.17, 15) is 4.79 Å². The molecule has 0 unspecified atom stereocenters. The summed E-state index contributed by atoms with van der Waals surface area (Å²) in [4.78, 5) is 11.7. The Bertz CT molecular complexity index is 1140. The summed E-state index contributed by atoms with van der Waals surface area (Å²) in [6, 6.07) is 20.4. The van der Waals surface area contributed by atoms with Gasteiger partial charge in [0.2, 0.25) is 0 Å². The Morgan fingerprint density at radius 3 is 2.00 bits per heavy atom. The molecule has 0 bridgehead atoms.